The molecule has 3 unspecified atom stereocenters. The van der Waals surface area contributed by atoms with Crippen molar-refractivity contribution in [2.24, 2.45) is 5.92 Å². The summed E-state index contributed by atoms with van der Waals surface area (Å²) in [6.07, 6.45) is 9.27. The van der Waals surface area contributed by atoms with Gasteiger partial charge in [0.15, 0.2) is 17.5 Å². The van der Waals surface area contributed by atoms with Gasteiger partial charge in [-0.3, -0.25) is 0 Å². The molecule has 3 aliphatic rings. The third-order valence-electron chi connectivity index (χ3n) is 11.8. The third-order valence-corrected chi connectivity index (χ3v) is 11.8. The highest BCUT2D eigenvalue weighted by Crippen LogP contribution is 2.65. The van der Waals surface area contributed by atoms with E-state index in [1.165, 1.54) is 33.4 Å². The molecule has 0 aliphatic heterocycles. The number of benzene rings is 7. The van der Waals surface area contributed by atoms with Crippen molar-refractivity contribution >= 4 is 0 Å². The van der Waals surface area contributed by atoms with Crippen LogP contribution in [0.1, 0.15) is 28.2 Å². The van der Waals surface area contributed by atoms with E-state index in [1.54, 1.807) is 0 Å². The number of hydrogen-bond acceptors (Lipinski definition) is 3. The second-order valence-corrected chi connectivity index (χ2v) is 14.7. The van der Waals surface area contributed by atoms with E-state index in [0.717, 1.165) is 38.9 Å². The van der Waals surface area contributed by atoms with Gasteiger partial charge in [0.25, 0.3) is 0 Å². The number of aromatic nitrogens is 3. The maximum Gasteiger partial charge on any atom is 0.164 e. The Morgan fingerprint density at radius 2 is 0.836 bits per heavy atom. The molecule has 258 valence electrons. The zero-order valence-electron chi connectivity index (χ0n) is 30.0. The Bertz CT molecular complexity index is 2740. The molecule has 0 N–H and O–H groups in total. The Morgan fingerprint density at radius 1 is 0.345 bits per heavy atom. The van der Waals surface area contributed by atoms with Gasteiger partial charge >= 0.3 is 0 Å². The van der Waals surface area contributed by atoms with Crippen molar-refractivity contribution in [3.8, 4) is 67.5 Å². The van der Waals surface area contributed by atoms with Gasteiger partial charge in [-0.05, 0) is 73.8 Å². The lowest BCUT2D eigenvalue weighted by molar-refractivity contribution is 0.465. The van der Waals surface area contributed by atoms with Gasteiger partial charge in [0, 0.05) is 28.5 Å². The first-order valence-corrected chi connectivity index (χ1v) is 19.0. The highest BCUT2D eigenvalue weighted by Gasteiger charge is 2.56. The molecule has 55 heavy (non-hydrogen) atoms. The van der Waals surface area contributed by atoms with E-state index >= 15 is 0 Å². The summed E-state index contributed by atoms with van der Waals surface area (Å²) in [6, 6.07) is 62.9. The van der Waals surface area contributed by atoms with Crippen molar-refractivity contribution in [1.29, 1.82) is 0 Å². The summed E-state index contributed by atoms with van der Waals surface area (Å²) in [4.78, 5) is 15.8. The summed E-state index contributed by atoms with van der Waals surface area (Å²) < 4.78 is 0. The molecule has 1 spiro atoms. The summed E-state index contributed by atoms with van der Waals surface area (Å²) in [5.41, 5.74) is 15.1. The normalized spacial score (nSPS) is 18.5. The molecule has 1 aromatic heterocycles. The molecule has 0 saturated carbocycles. The molecule has 3 atom stereocenters. The Morgan fingerprint density at radius 3 is 1.49 bits per heavy atom. The van der Waals surface area contributed by atoms with Gasteiger partial charge < -0.3 is 0 Å². The largest absolute Gasteiger partial charge is 0.208 e. The quantitative estimate of drug-likeness (QED) is 0.179. The summed E-state index contributed by atoms with van der Waals surface area (Å²) in [7, 11) is 0. The molecule has 0 fully saturated rings. The number of hydrogen-bond donors (Lipinski definition) is 0. The molecule has 0 bridgehead atoms. The second kappa shape index (κ2) is 12.6. The highest BCUT2D eigenvalue weighted by molar-refractivity contribution is 5.88. The lowest BCUT2D eigenvalue weighted by Crippen LogP contribution is -2.33. The van der Waals surface area contributed by atoms with Gasteiger partial charge in [-0.25, -0.2) is 15.0 Å². The fraction of sp³-hybridized carbons (Fsp3) is 0.0577. The van der Waals surface area contributed by atoms with Crippen LogP contribution < -0.4 is 0 Å². The van der Waals surface area contributed by atoms with Crippen LogP contribution in [-0.2, 0) is 5.41 Å². The molecule has 0 amide bonds. The number of fused-ring (bicyclic) bond motifs is 10. The van der Waals surface area contributed by atoms with Gasteiger partial charge in [-0.15, -0.1) is 0 Å². The lowest BCUT2D eigenvalue weighted by Gasteiger charge is -2.36. The van der Waals surface area contributed by atoms with Crippen molar-refractivity contribution in [2.45, 2.75) is 11.3 Å². The molecule has 3 nitrogen and oxygen atoms in total. The number of rotatable bonds is 5. The summed E-state index contributed by atoms with van der Waals surface area (Å²) in [6.45, 7) is 0. The van der Waals surface area contributed by atoms with Crippen LogP contribution in [0.3, 0.4) is 0 Å². The van der Waals surface area contributed by atoms with E-state index in [4.69, 9.17) is 15.0 Å². The zero-order valence-corrected chi connectivity index (χ0v) is 30.0. The smallest absolute Gasteiger partial charge is 0.164 e. The third kappa shape index (κ3) is 4.93. The molecule has 3 aliphatic carbocycles. The summed E-state index contributed by atoms with van der Waals surface area (Å²) in [5.74, 6) is 2.50. The van der Waals surface area contributed by atoms with Crippen LogP contribution in [0.2, 0.25) is 0 Å². The molecule has 11 rings (SSSR count). The average molecular weight is 702 g/mol. The van der Waals surface area contributed by atoms with Crippen molar-refractivity contribution in [3.63, 3.8) is 0 Å². The van der Waals surface area contributed by atoms with Crippen molar-refractivity contribution < 1.29 is 0 Å². The van der Waals surface area contributed by atoms with E-state index in [-0.39, 0.29) is 11.3 Å². The molecular formula is C52H35N3. The summed E-state index contributed by atoms with van der Waals surface area (Å²) >= 11 is 0. The minimum atomic E-state index is -0.336. The molecule has 7 aromatic carbocycles. The Hall–Kier alpha value is -6.97. The monoisotopic (exact) mass is 701 g/mol. The van der Waals surface area contributed by atoms with Crippen molar-refractivity contribution in [1.82, 2.24) is 15.0 Å². The van der Waals surface area contributed by atoms with Gasteiger partial charge in [0.1, 0.15) is 0 Å². The van der Waals surface area contributed by atoms with Gasteiger partial charge in [0.05, 0.1) is 5.41 Å². The first-order chi connectivity index (χ1) is 27.3. The van der Waals surface area contributed by atoms with Gasteiger partial charge in [-0.2, -0.15) is 0 Å². The van der Waals surface area contributed by atoms with E-state index in [9.17, 15) is 0 Å². The van der Waals surface area contributed by atoms with E-state index in [1.807, 2.05) is 12.1 Å². The van der Waals surface area contributed by atoms with Crippen LogP contribution in [-0.4, -0.2) is 15.0 Å². The van der Waals surface area contributed by atoms with Crippen LogP contribution in [0.5, 0.6) is 0 Å². The maximum atomic E-state index is 5.28. The maximum absolute atomic E-state index is 5.28. The predicted octanol–water partition coefficient (Wildman–Crippen LogP) is 12.4. The Labute approximate surface area is 321 Å². The van der Waals surface area contributed by atoms with Crippen LogP contribution in [0, 0.1) is 5.92 Å². The van der Waals surface area contributed by atoms with Crippen LogP contribution >= 0.6 is 0 Å². The van der Waals surface area contributed by atoms with E-state index in [2.05, 4.69) is 188 Å². The fourth-order valence-electron chi connectivity index (χ4n) is 9.45. The van der Waals surface area contributed by atoms with Crippen LogP contribution in [0.4, 0.5) is 0 Å². The molecule has 0 radical (unpaired) electrons. The number of allylic oxidation sites excluding steroid dienone is 4. The second-order valence-electron chi connectivity index (χ2n) is 14.7. The zero-order chi connectivity index (χ0) is 36.3. The van der Waals surface area contributed by atoms with Crippen molar-refractivity contribution in [3.05, 3.63) is 222 Å². The fourth-order valence-corrected chi connectivity index (χ4v) is 9.45. The molecule has 8 aromatic rings. The predicted molar refractivity (Wildman–Crippen MR) is 223 cm³/mol. The van der Waals surface area contributed by atoms with E-state index < -0.39 is 0 Å². The van der Waals surface area contributed by atoms with Gasteiger partial charge in [-0.1, -0.05) is 182 Å². The van der Waals surface area contributed by atoms with E-state index in [0.29, 0.717) is 23.4 Å². The summed E-state index contributed by atoms with van der Waals surface area (Å²) in [5, 5.41) is 0. The molecular weight excluding hydrogens is 667 g/mol. The van der Waals surface area contributed by atoms with Gasteiger partial charge in [0.2, 0.25) is 0 Å². The van der Waals surface area contributed by atoms with Crippen LogP contribution in [0.25, 0.3) is 67.5 Å². The first-order valence-electron chi connectivity index (χ1n) is 19.0. The molecule has 0 saturated heterocycles. The average Bonchev–Trinajstić information content (AvgIpc) is 3.74. The van der Waals surface area contributed by atoms with Crippen LogP contribution in [0.15, 0.2) is 200 Å². The molecule has 3 heteroatoms. The standard InChI is InChI=1S/C52H35N3/c1-3-15-34(16-4-1)36-19-13-21-38(31-36)49-53-50(39-22-14-20-37(32-39)35-17-5-2-6-18-35)55-51(54-49)40-29-30-44-43-25-9-12-28-47(43)52(48(44)33-40)45-26-10-7-23-41(45)42-24-8-11-27-46(42)52/h1-33,41,45H. The minimum Gasteiger partial charge on any atom is -0.208 e. The molecule has 1 heterocycles. The Balaban J connectivity index is 1.12. The SMILES string of the molecule is C1=CC2c3ccccc3C3(c4ccccc4-c4ccc(-c5nc(-c6cccc(-c7ccccc7)c6)nc(-c6cccc(-c7ccccc7)c6)n5)cc43)C2C=C1. The number of nitrogens with zero attached hydrogens (tertiary/aromatic N) is 3. The van der Waals surface area contributed by atoms with Crippen molar-refractivity contribution in [2.75, 3.05) is 0 Å². The first kappa shape index (κ1) is 31.5. The minimum absolute atomic E-state index is 0.249. The lowest BCUT2D eigenvalue weighted by atomic mass is 9.65. The Kier molecular flexibility index (Phi) is 7.21. The topological polar surface area (TPSA) is 38.7 Å². The highest BCUT2D eigenvalue weighted by atomic mass is 15.0.